The van der Waals surface area contributed by atoms with Gasteiger partial charge in [-0.2, -0.15) is 0 Å². The summed E-state index contributed by atoms with van der Waals surface area (Å²) in [6, 6.07) is 0. The van der Waals surface area contributed by atoms with Gasteiger partial charge in [0, 0.05) is 0 Å². The van der Waals surface area contributed by atoms with Crippen LogP contribution in [0.2, 0.25) is 0 Å². The van der Waals surface area contributed by atoms with Gasteiger partial charge in [-0.3, -0.25) is 0 Å². The molecule has 0 aliphatic carbocycles. The Kier molecular flexibility index (Phi) is 3.86. The molecule has 0 atom stereocenters. The minimum absolute atomic E-state index is 0.0822. The number of carbonyl (C=O) groups is 1. The van der Waals surface area contributed by atoms with Crippen LogP contribution in [0.25, 0.3) is 0 Å². The van der Waals surface area contributed by atoms with Crippen LogP contribution in [0.15, 0.2) is 12.2 Å². The molecule has 0 aliphatic rings. The predicted octanol–water partition coefficient (Wildman–Crippen LogP) is 0.173. The van der Waals surface area contributed by atoms with Gasteiger partial charge in [-0.1, -0.05) is 0 Å². The van der Waals surface area contributed by atoms with Gasteiger partial charge in [0.15, 0.2) is 6.26 Å². The molecule has 5 heteroatoms. The molecule has 0 fully saturated rings. The highest BCUT2D eigenvalue weighted by Crippen LogP contribution is 1.94. The van der Waals surface area contributed by atoms with Gasteiger partial charge < -0.3 is 19.9 Å². The number of hydrogen-bond acceptors (Lipinski definition) is 4. The molecule has 0 aromatic rings. The van der Waals surface area contributed by atoms with E-state index in [1.54, 1.807) is 0 Å². The Morgan fingerprint density at radius 2 is 1.90 bits per heavy atom. The summed E-state index contributed by atoms with van der Waals surface area (Å²) in [5.74, 6) is 0.0822. The highest BCUT2D eigenvalue weighted by Gasteiger charge is 1.94. The molecule has 1 amide bonds. The lowest BCUT2D eigenvalue weighted by Crippen LogP contribution is -2.09. The molecule has 0 radical (unpaired) electrons. The summed E-state index contributed by atoms with van der Waals surface area (Å²) in [6.07, 6.45) is 0.0640. The number of ether oxygens (including phenoxy) is 3. The standard InChI is InChI=1S/C5H9NO4/c1-8-4(9-2)3-10-5(6)7/h3H,1-2H3,(H2,6,7). The van der Waals surface area contributed by atoms with Crippen LogP contribution < -0.4 is 5.73 Å². The lowest BCUT2D eigenvalue weighted by atomic mass is 10.9. The van der Waals surface area contributed by atoms with Crippen LogP contribution in [0.4, 0.5) is 4.79 Å². The molecule has 58 valence electrons. The molecule has 0 aromatic carbocycles. The third-order valence-corrected chi connectivity index (χ3v) is 0.674. The molecule has 0 rings (SSSR count). The Morgan fingerprint density at radius 1 is 1.40 bits per heavy atom. The van der Waals surface area contributed by atoms with E-state index in [4.69, 9.17) is 0 Å². The summed E-state index contributed by atoms with van der Waals surface area (Å²) in [6.45, 7) is 0. The Balaban J connectivity index is 3.74. The summed E-state index contributed by atoms with van der Waals surface area (Å²) >= 11 is 0. The van der Waals surface area contributed by atoms with Gasteiger partial charge in [0.25, 0.3) is 0 Å². The third-order valence-electron chi connectivity index (χ3n) is 0.674. The minimum atomic E-state index is -0.911. The van der Waals surface area contributed by atoms with Gasteiger partial charge in [-0.25, -0.2) is 4.79 Å². The topological polar surface area (TPSA) is 70.8 Å². The largest absolute Gasteiger partial charge is 0.467 e. The quantitative estimate of drug-likeness (QED) is 0.578. The summed E-state index contributed by atoms with van der Waals surface area (Å²) in [5.41, 5.74) is 4.63. The Bertz CT molecular complexity index is 137. The maximum atomic E-state index is 9.98. The van der Waals surface area contributed by atoms with Crippen molar-refractivity contribution in [3.8, 4) is 0 Å². The van der Waals surface area contributed by atoms with Crippen molar-refractivity contribution in [3.05, 3.63) is 12.2 Å². The van der Waals surface area contributed by atoms with Crippen molar-refractivity contribution in [1.29, 1.82) is 0 Å². The molecule has 2 N–H and O–H groups in total. The molecule has 5 nitrogen and oxygen atoms in total. The van der Waals surface area contributed by atoms with Gasteiger partial charge in [0.2, 0.25) is 0 Å². The molecular weight excluding hydrogens is 138 g/mol. The molecule has 10 heavy (non-hydrogen) atoms. The highest BCUT2D eigenvalue weighted by molar-refractivity contribution is 5.65. The molecule has 0 heterocycles. The van der Waals surface area contributed by atoms with Crippen molar-refractivity contribution in [2.45, 2.75) is 0 Å². The average Bonchev–Trinajstić information content (AvgIpc) is 1.90. The summed E-state index contributed by atoms with van der Waals surface area (Å²) in [7, 11) is 2.75. The monoisotopic (exact) mass is 147 g/mol. The maximum absolute atomic E-state index is 9.98. The minimum Gasteiger partial charge on any atom is -0.467 e. The van der Waals surface area contributed by atoms with Crippen molar-refractivity contribution in [3.63, 3.8) is 0 Å². The first-order valence-corrected chi connectivity index (χ1v) is 2.45. The predicted molar refractivity (Wildman–Crippen MR) is 32.8 cm³/mol. The van der Waals surface area contributed by atoms with Crippen molar-refractivity contribution in [1.82, 2.24) is 0 Å². The van der Waals surface area contributed by atoms with Gasteiger partial charge in [0.1, 0.15) is 0 Å². The van der Waals surface area contributed by atoms with Crippen LogP contribution in [0.3, 0.4) is 0 Å². The fourth-order valence-corrected chi connectivity index (χ4v) is 0.286. The van der Waals surface area contributed by atoms with E-state index in [1.807, 2.05) is 0 Å². The van der Waals surface area contributed by atoms with E-state index in [2.05, 4.69) is 19.9 Å². The average molecular weight is 147 g/mol. The van der Waals surface area contributed by atoms with Gasteiger partial charge in [-0.15, -0.1) is 0 Å². The number of carbonyl (C=O) groups excluding carboxylic acids is 1. The third kappa shape index (κ3) is 3.59. The Labute approximate surface area is 58.4 Å². The van der Waals surface area contributed by atoms with Gasteiger partial charge >= 0.3 is 12.0 Å². The Morgan fingerprint density at radius 3 is 2.20 bits per heavy atom. The van der Waals surface area contributed by atoms with E-state index >= 15 is 0 Å². The van der Waals surface area contributed by atoms with E-state index in [-0.39, 0.29) is 5.95 Å². The number of hydrogen-bond donors (Lipinski definition) is 1. The first kappa shape index (κ1) is 8.61. The van der Waals surface area contributed by atoms with Crippen LogP contribution in [0, 0.1) is 0 Å². The zero-order valence-electron chi connectivity index (χ0n) is 5.79. The lowest BCUT2D eigenvalue weighted by molar-refractivity contribution is 0.0806. The van der Waals surface area contributed by atoms with Gasteiger partial charge in [0.05, 0.1) is 14.2 Å². The first-order valence-electron chi connectivity index (χ1n) is 2.45. The normalized spacial score (nSPS) is 7.80. The fourth-order valence-electron chi connectivity index (χ4n) is 0.286. The van der Waals surface area contributed by atoms with Crippen LogP contribution in [-0.2, 0) is 14.2 Å². The zero-order valence-corrected chi connectivity index (χ0v) is 5.79. The molecule has 0 spiro atoms. The summed E-state index contributed by atoms with van der Waals surface area (Å²) in [4.78, 5) is 9.98. The molecule has 0 aromatic heterocycles. The van der Waals surface area contributed by atoms with E-state index in [0.717, 1.165) is 6.26 Å². The van der Waals surface area contributed by atoms with Crippen LogP contribution in [0.5, 0.6) is 0 Å². The van der Waals surface area contributed by atoms with Crippen molar-refractivity contribution in [2.24, 2.45) is 5.73 Å². The maximum Gasteiger partial charge on any atom is 0.409 e. The Hall–Kier alpha value is -1.39. The second kappa shape index (κ2) is 4.49. The number of rotatable bonds is 3. The SMILES string of the molecule is COC(=COC(N)=O)OC. The van der Waals surface area contributed by atoms with Crippen LogP contribution in [-0.4, -0.2) is 20.3 Å². The number of nitrogens with two attached hydrogens (primary N) is 1. The van der Waals surface area contributed by atoms with Crippen molar-refractivity contribution >= 4 is 6.09 Å². The lowest BCUT2D eigenvalue weighted by Gasteiger charge is -2.01. The van der Waals surface area contributed by atoms with E-state index in [0.29, 0.717) is 0 Å². The van der Waals surface area contributed by atoms with Crippen LogP contribution >= 0.6 is 0 Å². The molecule has 0 saturated carbocycles. The zero-order chi connectivity index (χ0) is 7.98. The van der Waals surface area contributed by atoms with E-state index < -0.39 is 6.09 Å². The number of primary amides is 1. The number of methoxy groups -OCH3 is 2. The smallest absolute Gasteiger partial charge is 0.409 e. The molecule has 0 saturated heterocycles. The highest BCUT2D eigenvalue weighted by atomic mass is 16.7. The molecule has 0 bridgehead atoms. The van der Waals surface area contributed by atoms with E-state index in [9.17, 15) is 4.79 Å². The fraction of sp³-hybridized carbons (Fsp3) is 0.400. The summed E-state index contributed by atoms with van der Waals surface area (Å²) in [5, 5.41) is 0. The number of amides is 1. The van der Waals surface area contributed by atoms with Crippen LogP contribution in [0.1, 0.15) is 0 Å². The van der Waals surface area contributed by atoms with E-state index in [1.165, 1.54) is 14.2 Å². The first-order chi connectivity index (χ1) is 4.70. The summed E-state index contributed by atoms with van der Waals surface area (Å²) < 4.78 is 13.3. The second-order valence-electron chi connectivity index (χ2n) is 1.28. The van der Waals surface area contributed by atoms with Crippen molar-refractivity contribution < 1.29 is 19.0 Å². The molecular formula is C5H9NO4. The van der Waals surface area contributed by atoms with Crippen molar-refractivity contribution in [2.75, 3.05) is 14.2 Å². The van der Waals surface area contributed by atoms with Gasteiger partial charge in [-0.05, 0) is 0 Å². The second-order valence-corrected chi connectivity index (χ2v) is 1.28. The molecule has 0 unspecified atom stereocenters. The molecule has 0 aliphatic heterocycles.